The Morgan fingerprint density at radius 1 is 0.621 bits per heavy atom. The summed E-state index contributed by atoms with van der Waals surface area (Å²) in [6, 6.07) is 22.4. The van der Waals surface area contributed by atoms with E-state index in [2.05, 4.69) is 67.6 Å². The van der Waals surface area contributed by atoms with Crippen LogP contribution in [0, 0.1) is 0 Å². The smallest absolute Gasteiger partial charge is 0.0326 e. The Morgan fingerprint density at radius 3 is 2.17 bits per heavy atom. The molecule has 0 fully saturated rings. The molecule has 0 atom stereocenters. The number of fused-ring (bicyclic) bond motifs is 2. The molecule has 0 aromatic heterocycles. The summed E-state index contributed by atoms with van der Waals surface area (Å²) in [6.07, 6.45) is 9.21. The fourth-order valence-corrected chi connectivity index (χ4v) is 5.12. The van der Waals surface area contributed by atoms with Gasteiger partial charge in [-0.25, -0.2) is 0 Å². The molecule has 0 spiro atoms. The predicted octanol–water partition coefficient (Wildman–Crippen LogP) is 8.22. The van der Waals surface area contributed by atoms with Crippen LogP contribution in [0.15, 0.2) is 60.7 Å². The van der Waals surface area contributed by atoms with Crippen LogP contribution < -0.4 is 5.73 Å². The second-order valence-electron chi connectivity index (χ2n) is 8.49. The Morgan fingerprint density at radius 2 is 1.31 bits per heavy atom. The molecule has 0 unspecified atom stereocenters. The maximum absolute atomic E-state index is 6.27. The largest absolute Gasteiger partial charge is 0.399 e. The molecule has 0 saturated heterocycles. The molecular weight excluding hydrogens is 350 g/mol. The van der Waals surface area contributed by atoms with E-state index in [9.17, 15) is 0 Å². The van der Waals surface area contributed by atoms with Gasteiger partial charge in [-0.2, -0.15) is 0 Å². The van der Waals surface area contributed by atoms with Gasteiger partial charge in [0.15, 0.2) is 0 Å². The van der Waals surface area contributed by atoms with Crippen molar-refractivity contribution in [2.75, 3.05) is 5.73 Å². The first-order chi connectivity index (χ1) is 14.3. The van der Waals surface area contributed by atoms with Gasteiger partial charge < -0.3 is 5.73 Å². The molecule has 146 valence electrons. The SMILES string of the molecule is CCCCCCCCc1ccc2c3cccc4cc(N)cc(c5cccc1c25)c43. The van der Waals surface area contributed by atoms with Crippen molar-refractivity contribution in [2.24, 2.45) is 0 Å². The van der Waals surface area contributed by atoms with E-state index in [-0.39, 0.29) is 0 Å². The van der Waals surface area contributed by atoms with Gasteiger partial charge in [0.1, 0.15) is 0 Å². The second kappa shape index (κ2) is 7.55. The zero-order valence-electron chi connectivity index (χ0n) is 17.3. The summed E-state index contributed by atoms with van der Waals surface area (Å²) in [4.78, 5) is 0. The molecule has 1 nitrogen and oxygen atoms in total. The number of nitrogen functional groups attached to an aromatic ring is 1. The molecule has 0 aliphatic heterocycles. The third kappa shape index (κ3) is 3.09. The molecule has 0 bridgehead atoms. The highest BCUT2D eigenvalue weighted by Gasteiger charge is 2.14. The van der Waals surface area contributed by atoms with Gasteiger partial charge in [0.05, 0.1) is 0 Å². The number of rotatable bonds is 7. The molecule has 0 heterocycles. The minimum atomic E-state index is 0.841. The van der Waals surface area contributed by atoms with Crippen molar-refractivity contribution in [1.29, 1.82) is 0 Å². The maximum atomic E-state index is 6.27. The molecule has 0 radical (unpaired) electrons. The van der Waals surface area contributed by atoms with Crippen molar-refractivity contribution in [3.8, 4) is 0 Å². The number of nitrogens with two attached hydrogens (primary N) is 1. The summed E-state index contributed by atoms with van der Waals surface area (Å²) >= 11 is 0. The van der Waals surface area contributed by atoms with E-state index in [0.717, 1.165) is 5.69 Å². The quantitative estimate of drug-likeness (QED) is 0.131. The van der Waals surface area contributed by atoms with E-state index in [1.165, 1.54) is 93.6 Å². The average molecular weight is 380 g/mol. The lowest BCUT2D eigenvalue weighted by molar-refractivity contribution is 0.608. The lowest BCUT2D eigenvalue weighted by Crippen LogP contribution is -1.93. The molecule has 0 amide bonds. The lowest BCUT2D eigenvalue weighted by Gasteiger charge is -2.17. The molecule has 5 aromatic rings. The van der Waals surface area contributed by atoms with Crippen LogP contribution in [0.2, 0.25) is 0 Å². The van der Waals surface area contributed by atoms with E-state index in [4.69, 9.17) is 5.73 Å². The summed E-state index contributed by atoms with van der Waals surface area (Å²) in [5, 5.41) is 10.7. The van der Waals surface area contributed by atoms with Crippen molar-refractivity contribution in [1.82, 2.24) is 0 Å². The number of benzene rings is 5. The first kappa shape index (κ1) is 18.2. The summed E-state index contributed by atoms with van der Waals surface area (Å²) in [5.74, 6) is 0. The normalized spacial score (nSPS) is 12.0. The van der Waals surface area contributed by atoms with E-state index in [1.807, 2.05) is 0 Å². The Balaban J connectivity index is 1.65. The molecule has 1 heteroatoms. The molecule has 0 aliphatic carbocycles. The van der Waals surface area contributed by atoms with Crippen LogP contribution in [-0.4, -0.2) is 0 Å². The van der Waals surface area contributed by atoms with Gasteiger partial charge >= 0.3 is 0 Å². The fourth-order valence-electron chi connectivity index (χ4n) is 5.12. The van der Waals surface area contributed by atoms with Crippen LogP contribution in [0.4, 0.5) is 5.69 Å². The molecule has 29 heavy (non-hydrogen) atoms. The molecule has 5 aromatic carbocycles. The zero-order chi connectivity index (χ0) is 19.8. The van der Waals surface area contributed by atoms with Crippen molar-refractivity contribution in [3.05, 3.63) is 66.2 Å². The number of unbranched alkanes of at least 4 members (excludes halogenated alkanes) is 5. The minimum absolute atomic E-state index is 0.841. The zero-order valence-corrected chi connectivity index (χ0v) is 17.3. The van der Waals surface area contributed by atoms with E-state index >= 15 is 0 Å². The fraction of sp³-hybridized carbons (Fsp3) is 0.286. The Labute approximate surface area is 172 Å². The van der Waals surface area contributed by atoms with Crippen molar-refractivity contribution in [3.63, 3.8) is 0 Å². The molecule has 0 aliphatic rings. The Kier molecular flexibility index (Phi) is 4.75. The van der Waals surface area contributed by atoms with Gasteiger partial charge in [-0.15, -0.1) is 0 Å². The van der Waals surface area contributed by atoms with Crippen LogP contribution in [0.5, 0.6) is 0 Å². The van der Waals surface area contributed by atoms with Gasteiger partial charge in [-0.3, -0.25) is 0 Å². The summed E-state index contributed by atoms with van der Waals surface area (Å²) in [6.45, 7) is 2.28. The third-order valence-electron chi connectivity index (χ3n) is 6.51. The van der Waals surface area contributed by atoms with E-state index in [0.29, 0.717) is 0 Å². The standard InChI is InChI=1S/C28H29N/c1-2-3-4-5-6-7-10-19-15-16-25-23-13-8-11-20-17-21(29)18-26(27(20)23)24-14-9-12-22(19)28(24)25/h8-9,11-18H,2-7,10,29H2,1H3. The highest BCUT2D eigenvalue weighted by Crippen LogP contribution is 2.42. The minimum Gasteiger partial charge on any atom is -0.399 e. The average Bonchev–Trinajstić information content (AvgIpc) is 2.74. The van der Waals surface area contributed by atoms with Crippen molar-refractivity contribution < 1.29 is 0 Å². The van der Waals surface area contributed by atoms with Crippen LogP contribution in [0.25, 0.3) is 43.1 Å². The van der Waals surface area contributed by atoms with Gasteiger partial charge in [-0.05, 0) is 73.6 Å². The summed E-state index contributed by atoms with van der Waals surface area (Å²) in [5.41, 5.74) is 8.60. The molecule has 5 rings (SSSR count). The number of hydrogen-bond acceptors (Lipinski definition) is 1. The monoisotopic (exact) mass is 379 g/mol. The van der Waals surface area contributed by atoms with Gasteiger partial charge in [0, 0.05) is 5.69 Å². The van der Waals surface area contributed by atoms with Crippen LogP contribution in [0.1, 0.15) is 51.0 Å². The molecule has 2 N–H and O–H groups in total. The second-order valence-corrected chi connectivity index (χ2v) is 8.49. The van der Waals surface area contributed by atoms with Gasteiger partial charge in [-0.1, -0.05) is 87.6 Å². The van der Waals surface area contributed by atoms with Crippen molar-refractivity contribution >= 4 is 48.8 Å². The Bertz CT molecular complexity index is 1300. The first-order valence-electron chi connectivity index (χ1n) is 11.2. The molecule has 0 saturated carbocycles. The van der Waals surface area contributed by atoms with Gasteiger partial charge in [0.2, 0.25) is 0 Å². The topological polar surface area (TPSA) is 26.0 Å². The highest BCUT2D eigenvalue weighted by molar-refractivity contribution is 6.33. The summed E-state index contributed by atoms with van der Waals surface area (Å²) in [7, 11) is 0. The number of hydrogen-bond donors (Lipinski definition) is 1. The van der Waals surface area contributed by atoms with E-state index < -0.39 is 0 Å². The third-order valence-corrected chi connectivity index (χ3v) is 6.51. The van der Waals surface area contributed by atoms with Crippen LogP contribution in [0.3, 0.4) is 0 Å². The predicted molar refractivity (Wildman–Crippen MR) is 129 cm³/mol. The van der Waals surface area contributed by atoms with Crippen molar-refractivity contribution in [2.45, 2.75) is 51.9 Å². The number of anilines is 1. The first-order valence-corrected chi connectivity index (χ1v) is 11.2. The van der Waals surface area contributed by atoms with Gasteiger partial charge in [0.25, 0.3) is 0 Å². The van der Waals surface area contributed by atoms with Crippen LogP contribution >= 0.6 is 0 Å². The van der Waals surface area contributed by atoms with E-state index in [1.54, 1.807) is 0 Å². The lowest BCUT2D eigenvalue weighted by atomic mass is 9.87. The maximum Gasteiger partial charge on any atom is 0.0326 e. The number of aryl methyl sites for hydroxylation is 1. The Hall–Kier alpha value is -2.80. The summed E-state index contributed by atoms with van der Waals surface area (Å²) < 4.78 is 0. The molecular formula is C28H29N. The highest BCUT2D eigenvalue weighted by atomic mass is 14.5. The van der Waals surface area contributed by atoms with Crippen LogP contribution in [-0.2, 0) is 6.42 Å².